The molecule has 0 amide bonds. The van der Waals surface area contributed by atoms with E-state index in [4.69, 9.17) is 47.4 Å². The Hall–Kier alpha value is -2.26. The van der Waals surface area contributed by atoms with Crippen LogP contribution in [0.2, 0.25) is 0 Å². The molecule has 11 nitrogen and oxygen atoms in total. The summed E-state index contributed by atoms with van der Waals surface area (Å²) in [4.78, 5) is 0. The molecular weight excluding hydrogens is 572 g/mol. The van der Waals surface area contributed by atoms with Gasteiger partial charge in [-0.25, -0.2) is 0 Å². The zero-order valence-corrected chi connectivity index (χ0v) is 25.7. The molecule has 0 aliphatic carbocycles. The van der Waals surface area contributed by atoms with Gasteiger partial charge in [0.2, 0.25) is 5.79 Å². The zero-order chi connectivity index (χ0) is 32.2. The lowest BCUT2D eigenvalue weighted by molar-refractivity contribution is -0.390. The summed E-state index contributed by atoms with van der Waals surface area (Å²) in [6.45, 7) is 27.7. The third-order valence-corrected chi connectivity index (χ3v) is 6.57. The lowest BCUT2D eigenvalue weighted by Crippen LogP contribution is -2.64. The molecule has 0 unspecified atom stereocenters. The predicted molar refractivity (Wildman–Crippen MR) is 166 cm³/mol. The molecule has 2 fully saturated rings. The second kappa shape index (κ2) is 21.5. The van der Waals surface area contributed by atoms with E-state index in [1.807, 2.05) is 0 Å². The van der Waals surface area contributed by atoms with E-state index in [0.717, 1.165) is 0 Å². The summed E-state index contributed by atoms with van der Waals surface area (Å²) >= 11 is 0. The second-order valence-electron chi connectivity index (χ2n) is 9.88. The summed E-state index contributed by atoms with van der Waals surface area (Å²) < 4.78 is 61.3. The van der Waals surface area contributed by atoms with Crippen LogP contribution in [0.5, 0.6) is 0 Å². The van der Waals surface area contributed by atoms with E-state index < -0.39 is 54.8 Å². The van der Waals surface area contributed by atoms with Gasteiger partial charge in [0.1, 0.15) is 49.3 Å². The average molecular weight is 623 g/mol. The quantitative estimate of drug-likeness (QED) is 0.113. The standard InChI is InChI=1S/C33H50O11/c1-8-15-35-22-25-28(38-18-11-4)30(40-20-13-6)27(34)32(42-25)44-33(24-37-17-10-3)31(41-21-14-7)29(39-19-12-5)26(43-33)23-36-16-9-2/h8-14,25-32,34H,1-7,15-24H2/t25-,26-,27-,28-,29-,30-,31+,32-,33+/m1/s1. The highest BCUT2D eigenvalue weighted by Gasteiger charge is 2.61. The van der Waals surface area contributed by atoms with Crippen molar-refractivity contribution < 1.29 is 52.5 Å². The third-order valence-electron chi connectivity index (χ3n) is 6.57. The minimum atomic E-state index is -1.64. The summed E-state index contributed by atoms with van der Waals surface area (Å²) in [7, 11) is 0. The molecule has 2 heterocycles. The number of aliphatic hydroxyl groups excluding tert-OH is 1. The normalized spacial score (nSPS) is 31.7. The van der Waals surface area contributed by atoms with Crippen LogP contribution in [0.25, 0.3) is 0 Å². The van der Waals surface area contributed by atoms with Crippen molar-refractivity contribution in [3.63, 3.8) is 0 Å². The zero-order valence-electron chi connectivity index (χ0n) is 25.7. The van der Waals surface area contributed by atoms with Crippen molar-refractivity contribution in [2.24, 2.45) is 0 Å². The molecule has 44 heavy (non-hydrogen) atoms. The van der Waals surface area contributed by atoms with Gasteiger partial charge in [-0.1, -0.05) is 42.5 Å². The smallest absolute Gasteiger partial charge is 0.224 e. The van der Waals surface area contributed by atoms with Gasteiger partial charge in [0.15, 0.2) is 6.29 Å². The highest BCUT2D eigenvalue weighted by atomic mass is 16.8. The predicted octanol–water partition coefficient (Wildman–Crippen LogP) is 3.08. The largest absolute Gasteiger partial charge is 0.385 e. The van der Waals surface area contributed by atoms with Crippen LogP contribution in [0.15, 0.2) is 88.6 Å². The maximum Gasteiger partial charge on any atom is 0.224 e. The van der Waals surface area contributed by atoms with Crippen molar-refractivity contribution in [3.8, 4) is 0 Å². The van der Waals surface area contributed by atoms with Gasteiger partial charge in [-0.05, 0) is 0 Å². The van der Waals surface area contributed by atoms with E-state index in [1.54, 1.807) is 42.5 Å². The van der Waals surface area contributed by atoms with Crippen LogP contribution in [0, 0.1) is 0 Å². The molecule has 2 aliphatic rings. The highest BCUT2D eigenvalue weighted by Crippen LogP contribution is 2.40. The Balaban J connectivity index is 2.54. The van der Waals surface area contributed by atoms with Crippen LogP contribution in [-0.2, 0) is 47.4 Å². The van der Waals surface area contributed by atoms with E-state index in [1.165, 1.54) is 0 Å². The highest BCUT2D eigenvalue weighted by molar-refractivity contribution is 5.02. The van der Waals surface area contributed by atoms with Crippen LogP contribution in [-0.4, -0.2) is 126 Å². The van der Waals surface area contributed by atoms with Crippen molar-refractivity contribution in [1.82, 2.24) is 0 Å². The third kappa shape index (κ3) is 11.0. The lowest BCUT2D eigenvalue weighted by Gasteiger charge is -2.46. The maximum absolute atomic E-state index is 11.6. The van der Waals surface area contributed by atoms with Crippen LogP contribution in [0.4, 0.5) is 0 Å². The van der Waals surface area contributed by atoms with Crippen molar-refractivity contribution in [3.05, 3.63) is 88.6 Å². The van der Waals surface area contributed by atoms with Crippen molar-refractivity contribution >= 4 is 0 Å². The molecule has 1 N–H and O–H groups in total. The van der Waals surface area contributed by atoms with Gasteiger partial charge in [-0.3, -0.25) is 0 Å². The number of ether oxygens (including phenoxy) is 10. The minimum Gasteiger partial charge on any atom is -0.385 e. The Morgan fingerprint density at radius 1 is 0.568 bits per heavy atom. The van der Waals surface area contributed by atoms with Gasteiger partial charge in [-0.2, -0.15) is 0 Å². The molecule has 0 saturated carbocycles. The first-order chi connectivity index (χ1) is 21.5. The lowest BCUT2D eigenvalue weighted by atomic mass is 9.98. The molecule has 2 rings (SSSR count). The van der Waals surface area contributed by atoms with Gasteiger partial charge in [0, 0.05) is 0 Å². The molecule has 0 spiro atoms. The number of rotatable bonds is 26. The fraction of sp³-hybridized carbons (Fsp3) is 0.576. The molecule has 248 valence electrons. The van der Waals surface area contributed by atoms with Gasteiger partial charge < -0.3 is 52.5 Å². The maximum atomic E-state index is 11.6. The summed E-state index contributed by atoms with van der Waals surface area (Å²) in [6, 6.07) is 0. The fourth-order valence-corrected chi connectivity index (χ4v) is 4.87. The van der Waals surface area contributed by atoms with Crippen molar-refractivity contribution in [2.75, 3.05) is 66.1 Å². The SMILES string of the molecule is C=CCOC[C@H]1O[C@@](COCC=C)(O[C@H]2O[C@H](COCC=C)[C@@H](OCC=C)[C@H](OCC=C)[C@H]2O)[C@@H](OCC=C)[C@@H]1OCC=C. The molecular formula is C33H50O11. The molecule has 0 aromatic carbocycles. The van der Waals surface area contributed by atoms with E-state index in [9.17, 15) is 5.11 Å². The summed E-state index contributed by atoms with van der Waals surface area (Å²) in [5.41, 5.74) is 0. The number of hydrogen-bond donors (Lipinski definition) is 1. The first kappa shape index (κ1) is 37.9. The molecule has 0 radical (unpaired) electrons. The van der Waals surface area contributed by atoms with Crippen LogP contribution in [0.3, 0.4) is 0 Å². The molecule has 0 aromatic rings. The first-order valence-corrected chi connectivity index (χ1v) is 14.6. The Morgan fingerprint density at radius 3 is 1.61 bits per heavy atom. The Kier molecular flexibility index (Phi) is 18.5. The minimum absolute atomic E-state index is 0.0919. The summed E-state index contributed by atoms with van der Waals surface area (Å²) in [5.74, 6) is -1.64. The molecule has 2 aliphatic heterocycles. The summed E-state index contributed by atoms with van der Waals surface area (Å²) in [6.07, 6.45) is 4.00. The van der Waals surface area contributed by atoms with E-state index in [0.29, 0.717) is 0 Å². The number of aliphatic hydroxyl groups is 1. The Morgan fingerprint density at radius 2 is 1.05 bits per heavy atom. The summed E-state index contributed by atoms with van der Waals surface area (Å²) in [5, 5.41) is 11.6. The van der Waals surface area contributed by atoms with Gasteiger partial charge in [-0.15, -0.1) is 46.1 Å². The first-order valence-electron chi connectivity index (χ1n) is 14.6. The van der Waals surface area contributed by atoms with Gasteiger partial charge in [0.25, 0.3) is 0 Å². The van der Waals surface area contributed by atoms with E-state index in [2.05, 4.69) is 46.1 Å². The molecule has 9 atom stereocenters. The van der Waals surface area contributed by atoms with Gasteiger partial charge in [0.05, 0.1) is 59.5 Å². The topological polar surface area (TPSA) is 113 Å². The van der Waals surface area contributed by atoms with E-state index >= 15 is 0 Å². The fourth-order valence-electron chi connectivity index (χ4n) is 4.87. The van der Waals surface area contributed by atoms with Crippen LogP contribution in [0.1, 0.15) is 0 Å². The molecule has 0 bridgehead atoms. The molecule has 11 heteroatoms. The molecule has 2 saturated heterocycles. The van der Waals surface area contributed by atoms with Gasteiger partial charge >= 0.3 is 0 Å². The Labute approximate surface area is 262 Å². The monoisotopic (exact) mass is 622 g/mol. The Bertz CT molecular complexity index is 895. The number of hydrogen-bond acceptors (Lipinski definition) is 11. The van der Waals surface area contributed by atoms with E-state index in [-0.39, 0.29) is 66.1 Å². The van der Waals surface area contributed by atoms with Crippen LogP contribution < -0.4 is 0 Å². The average Bonchev–Trinajstić information content (AvgIpc) is 3.30. The van der Waals surface area contributed by atoms with Crippen molar-refractivity contribution in [2.45, 2.75) is 54.8 Å². The van der Waals surface area contributed by atoms with Crippen LogP contribution >= 0.6 is 0 Å². The van der Waals surface area contributed by atoms with Crippen molar-refractivity contribution in [1.29, 1.82) is 0 Å². The molecule has 0 aromatic heterocycles. The second-order valence-corrected chi connectivity index (χ2v) is 9.88.